The van der Waals surface area contributed by atoms with Crippen LogP contribution in [-0.2, 0) is 0 Å². The van der Waals surface area contributed by atoms with E-state index >= 15 is 0 Å². The Morgan fingerprint density at radius 1 is 1.20 bits per heavy atom. The molecule has 0 amide bonds. The third-order valence-electron chi connectivity index (χ3n) is 4.28. The van der Waals surface area contributed by atoms with Crippen LogP contribution in [0.1, 0.15) is 33.1 Å². The van der Waals surface area contributed by atoms with E-state index in [2.05, 4.69) is 35.3 Å². The van der Waals surface area contributed by atoms with Gasteiger partial charge in [0.25, 0.3) is 0 Å². The lowest BCUT2D eigenvalue weighted by Crippen LogP contribution is -2.33. The molecule has 2 heterocycles. The van der Waals surface area contributed by atoms with Gasteiger partial charge in [-0.15, -0.1) is 0 Å². The van der Waals surface area contributed by atoms with E-state index in [4.69, 9.17) is 0 Å². The summed E-state index contributed by atoms with van der Waals surface area (Å²) in [6, 6.07) is 6.52. The quantitative estimate of drug-likeness (QED) is 0.928. The molecule has 0 aliphatic heterocycles. The zero-order valence-corrected chi connectivity index (χ0v) is 12.2. The van der Waals surface area contributed by atoms with Gasteiger partial charge in [-0.3, -0.25) is 0 Å². The summed E-state index contributed by atoms with van der Waals surface area (Å²) in [5.41, 5.74) is 1.07. The van der Waals surface area contributed by atoms with E-state index in [9.17, 15) is 0 Å². The van der Waals surface area contributed by atoms with Crippen molar-refractivity contribution >= 4 is 5.69 Å². The number of hydrogen-bond donors (Lipinski definition) is 1. The average molecular weight is 270 g/mol. The second-order valence-corrected chi connectivity index (χ2v) is 5.97. The molecule has 4 heteroatoms. The fourth-order valence-corrected chi connectivity index (χ4v) is 3.17. The molecule has 1 N–H and O–H groups in total. The van der Waals surface area contributed by atoms with E-state index in [0.717, 1.165) is 17.4 Å². The largest absolute Gasteiger partial charge is 0.379 e. The van der Waals surface area contributed by atoms with Crippen molar-refractivity contribution in [3.63, 3.8) is 0 Å². The predicted molar refractivity (Wildman–Crippen MR) is 80.9 cm³/mol. The first-order valence-corrected chi connectivity index (χ1v) is 7.45. The lowest BCUT2D eigenvalue weighted by Gasteiger charge is -2.34. The summed E-state index contributed by atoms with van der Waals surface area (Å²) >= 11 is 0. The maximum absolute atomic E-state index is 4.46. The molecule has 3 atom stereocenters. The molecule has 0 bridgehead atoms. The highest BCUT2D eigenvalue weighted by Gasteiger charge is 2.25. The number of nitrogens with one attached hydrogen (secondary N) is 1. The number of anilines is 1. The Bertz CT molecular complexity index is 549. The van der Waals surface area contributed by atoms with Crippen LogP contribution in [0.15, 0.2) is 36.8 Å². The van der Waals surface area contributed by atoms with E-state index in [1.807, 2.05) is 29.2 Å². The summed E-state index contributed by atoms with van der Waals surface area (Å²) in [5.74, 6) is 2.43. The van der Waals surface area contributed by atoms with Crippen LogP contribution in [0.2, 0.25) is 0 Å². The molecule has 1 aliphatic rings. The van der Waals surface area contributed by atoms with E-state index in [1.54, 1.807) is 6.20 Å². The van der Waals surface area contributed by atoms with Crippen LogP contribution in [0.5, 0.6) is 0 Å². The molecular weight excluding hydrogens is 248 g/mol. The molecule has 1 aliphatic carbocycles. The van der Waals surface area contributed by atoms with Crippen molar-refractivity contribution in [1.82, 2.24) is 14.8 Å². The molecule has 1 fully saturated rings. The molecule has 3 rings (SSSR count). The van der Waals surface area contributed by atoms with Gasteiger partial charge in [-0.05, 0) is 49.3 Å². The summed E-state index contributed by atoms with van der Waals surface area (Å²) in [6.07, 6.45) is 9.36. The molecule has 0 spiro atoms. The number of hydrogen-bond acceptors (Lipinski definition) is 3. The van der Waals surface area contributed by atoms with Gasteiger partial charge in [-0.25, -0.2) is 9.67 Å². The Kier molecular flexibility index (Phi) is 3.72. The van der Waals surface area contributed by atoms with Gasteiger partial charge in [-0.2, -0.15) is 5.10 Å². The summed E-state index contributed by atoms with van der Waals surface area (Å²) < 4.78 is 1.82. The highest BCUT2D eigenvalue weighted by molar-refractivity contribution is 5.56. The first kappa shape index (κ1) is 13.2. The minimum absolute atomic E-state index is 0.532. The Morgan fingerprint density at radius 2 is 2.10 bits per heavy atom. The van der Waals surface area contributed by atoms with Gasteiger partial charge >= 0.3 is 0 Å². The van der Waals surface area contributed by atoms with Gasteiger partial charge in [0, 0.05) is 24.6 Å². The van der Waals surface area contributed by atoms with Crippen molar-refractivity contribution in [2.24, 2.45) is 11.8 Å². The molecule has 106 valence electrons. The van der Waals surface area contributed by atoms with Gasteiger partial charge in [0.05, 0.1) is 5.69 Å². The molecular formula is C16H22N4. The molecule has 2 aromatic heterocycles. The molecule has 3 unspecified atom stereocenters. The van der Waals surface area contributed by atoms with Gasteiger partial charge in [-0.1, -0.05) is 13.8 Å². The third-order valence-corrected chi connectivity index (χ3v) is 4.28. The normalized spacial score (nSPS) is 26.4. The average Bonchev–Trinajstić information content (AvgIpc) is 2.96. The fourth-order valence-electron chi connectivity index (χ4n) is 3.17. The summed E-state index contributed by atoms with van der Waals surface area (Å²) in [4.78, 5) is 4.46. The topological polar surface area (TPSA) is 42.7 Å². The minimum Gasteiger partial charge on any atom is -0.379 e. The summed E-state index contributed by atoms with van der Waals surface area (Å²) in [5, 5.41) is 7.97. The molecule has 0 radical (unpaired) electrons. The third kappa shape index (κ3) is 2.69. The fraction of sp³-hybridized carbons (Fsp3) is 0.500. The van der Waals surface area contributed by atoms with Crippen LogP contribution in [-0.4, -0.2) is 20.8 Å². The molecule has 0 aromatic carbocycles. The van der Waals surface area contributed by atoms with Crippen molar-refractivity contribution in [2.75, 3.05) is 5.32 Å². The molecule has 4 nitrogen and oxygen atoms in total. The molecule has 20 heavy (non-hydrogen) atoms. The minimum atomic E-state index is 0.532. The van der Waals surface area contributed by atoms with Crippen molar-refractivity contribution in [3.8, 4) is 5.82 Å². The number of pyridine rings is 1. The molecule has 0 saturated heterocycles. The van der Waals surface area contributed by atoms with Crippen LogP contribution in [0, 0.1) is 11.8 Å². The zero-order valence-electron chi connectivity index (χ0n) is 12.2. The van der Waals surface area contributed by atoms with E-state index in [0.29, 0.717) is 12.0 Å². The first-order chi connectivity index (χ1) is 9.74. The Morgan fingerprint density at radius 3 is 2.85 bits per heavy atom. The van der Waals surface area contributed by atoms with Gasteiger partial charge < -0.3 is 5.32 Å². The maximum Gasteiger partial charge on any atom is 0.176 e. The standard InChI is InChI=1S/C16H22N4/c1-12-6-7-14(13(2)11-12)19-15-5-3-8-17-16(15)20-10-4-9-18-20/h3-5,8-10,12-14,19H,6-7,11H2,1-2H3. The second kappa shape index (κ2) is 5.65. The number of aromatic nitrogens is 3. The number of rotatable bonds is 3. The van der Waals surface area contributed by atoms with Crippen LogP contribution in [0.3, 0.4) is 0 Å². The smallest absolute Gasteiger partial charge is 0.176 e. The summed E-state index contributed by atoms with van der Waals surface area (Å²) in [6.45, 7) is 4.70. The van der Waals surface area contributed by atoms with Crippen molar-refractivity contribution in [1.29, 1.82) is 0 Å². The van der Waals surface area contributed by atoms with Crippen LogP contribution >= 0.6 is 0 Å². The lowest BCUT2D eigenvalue weighted by atomic mass is 9.80. The molecule has 1 saturated carbocycles. The first-order valence-electron chi connectivity index (χ1n) is 7.45. The lowest BCUT2D eigenvalue weighted by molar-refractivity contribution is 0.276. The Balaban J connectivity index is 1.81. The van der Waals surface area contributed by atoms with Crippen molar-refractivity contribution in [2.45, 2.75) is 39.2 Å². The second-order valence-electron chi connectivity index (χ2n) is 5.97. The van der Waals surface area contributed by atoms with Crippen molar-refractivity contribution < 1.29 is 0 Å². The zero-order chi connectivity index (χ0) is 13.9. The monoisotopic (exact) mass is 270 g/mol. The Labute approximate surface area is 120 Å². The van der Waals surface area contributed by atoms with Gasteiger partial charge in [0.1, 0.15) is 0 Å². The van der Waals surface area contributed by atoms with E-state index in [1.165, 1.54) is 19.3 Å². The highest BCUT2D eigenvalue weighted by Crippen LogP contribution is 2.31. The van der Waals surface area contributed by atoms with Crippen molar-refractivity contribution in [3.05, 3.63) is 36.8 Å². The maximum atomic E-state index is 4.46. The van der Waals surface area contributed by atoms with E-state index < -0.39 is 0 Å². The van der Waals surface area contributed by atoms with Crippen LogP contribution in [0.4, 0.5) is 5.69 Å². The highest BCUT2D eigenvalue weighted by atomic mass is 15.3. The Hall–Kier alpha value is -1.84. The van der Waals surface area contributed by atoms with Gasteiger partial charge in [0.2, 0.25) is 0 Å². The predicted octanol–water partition coefficient (Wildman–Crippen LogP) is 3.50. The number of nitrogens with zero attached hydrogens (tertiary/aromatic N) is 3. The molecule has 2 aromatic rings. The summed E-state index contributed by atoms with van der Waals surface area (Å²) in [7, 11) is 0. The van der Waals surface area contributed by atoms with Crippen LogP contribution < -0.4 is 5.32 Å². The van der Waals surface area contributed by atoms with Gasteiger partial charge in [0.15, 0.2) is 5.82 Å². The van der Waals surface area contributed by atoms with Crippen LogP contribution in [0.25, 0.3) is 5.82 Å². The van der Waals surface area contributed by atoms with E-state index in [-0.39, 0.29) is 0 Å². The SMILES string of the molecule is CC1CCC(Nc2cccnc2-n2cccn2)C(C)C1.